The largest absolute Gasteiger partial charge is 0.503 e. The van der Waals surface area contributed by atoms with E-state index in [0.29, 0.717) is 36.2 Å². The average Bonchev–Trinajstić information content (AvgIpc) is 3.53. The summed E-state index contributed by atoms with van der Waals surface area (Å²) in [6.07, 6.45) is 2.39. The normalized spacial score (nSPS) is 20.2. The second kappa shape index (κ2) is 15.5. The first kappa shape index (κ1) is 39.1. The summed E-state index contributed by atoms with van der Waals surface area (Å²) in [5.41, 5.74) is 4.04. The summed E-state index contributed by atoms with van der Waals surface area (Å²) in [4.78, 5) is 74.8. The lowest BCUT2D eigenvalue weighted by Gasteiger charge is -2.50. The third kappa shape index (κ3) is 7.95. The first-order valence-corrected chi connectivity index (χ1v) is 18.8. The van der Waals surface area contributed by atoms with Crippen molar-refractivity contribution in [3.63, 3.8) is 0 Å². The van der Waals surface area contributed by atoms with Crippen LogP contribution in [0.3, 0.4) is 0 Å². The zero-order valence-electron chi connectivity index (χ0n) is 28.1. The van der Waals surface area contributed by atoms with Crippen LogP contribution in [0.5, 0.6) is 11.5 Å². The highest BCUT2D eigenvalue weighted by Crippen LogP contribution is 2.46. The number of nitrogen functional groups attached to an aromatic ring is 1. The molecule has 0 unspecified atom stereocenters. The molecular formula is C32H37Cl2N6O10S2+. The Bertz CT molecular complexity index is 1880. The minimum Gasteiger partial charge on any atom is -0.503 e. The number of carboxylic acids is 2. The molecule has 0 aliphatic carbocycles. The Hall–Kier alpha value is -4.10. The number of Topliss-reactive ketones (excluding diaryl/α,β-unsaturated/α-hetero) is 1. The zero-order chi connectivity index (χ0) is 38.1. The molecule has 52 heavy (non-hydrogen) atoms. The minimum atomic E-state index is -1.77. The monoisotopic (exact) mass is 799 g/mol. The van der Waals surface area contributed by atoms with Crippen molar-refractivity contribution < 1.29 is 53.7 Å². The van der Waals surface area contributed by atoms with Gasteiger partial charge in [0.1, 0.15) is 17.9 Å². The smallest absolute Gasteiger partial charge is 0.352 e. The number of thiazole rings is 1. The van der Waals surface area contributed by atoms with E-state index in [9.17, 15) is 44.4 Å². The number of carbonyl (C=O) groups is 5. The van der Waals surface area contributed by atoms with Crippen LogP contribution in [0, 0.1) is 5.92 Å². The number of piperidine rings is 1. The van der Waals surface area contributed by atoms with Crippen molar-refractivity contribution >= 4 is 86.7 Å². The Morgan fingerprint density at radius 3 is 2.46 bits per heavy atom. The maximum Gasteiger partial charge on any atom is 0.352 e. The highest BCUT2D eigenvalue weighted by Gasteiger charge is 2.55. The van der Waals surface area contributed by atoms with Crippen LogP contribution in [-0.2, 0) is 24.0 Å². The van der Waals surface area contributed by atoms with Crippen molar-refractivity contribution in [1.29, 1.82) is 0 Å². The number of aliphatic carboxylic acids is 2. The van der Waals surface area contributed by atoms with Crippen LogP contribution in [0.4, 0.5) is 5.13 Å². The van der Waals surface area contributed by atoms with Crippen molar-refractivity contribution in [2.24, 2.45) is 11.1 Å². The molecule has 7 N–H and O–H groups in total. The van der Waals surface area contributed by atoms with E-state index in [2.05, 4.69) is 15.5 Å². The lowest BCUT2D eigenvalue weighted by atomic mass is 9.89. The molecule has 3 aliphatic heterocycles. The molecule has 0 radical (unpaired) electrons. The van der Waals surface area contributed by atoms with Gasteiger partial charge >= 0.3 is 11.9 Å². The first-order valence-electron chi connectivity index (χ1n) is 16.1. The SMILES string of the molecule is CC(C)(O/N=C(\C(=O)C[C@@H]1C(=O)N2C(C(=O)O)=C(C[N+]3(CCNC(=O)c4cc(Cl)c(O)c(O)c4Cl)CCCCC3)CS[C@H]12)c1csc(N)n1)C(=O)O. The number of anilines is 1. The van der Waals surface area contributed by atoms with Gasteiger partial charge in [0.15, 0.2) is 28.1 Å². The van der Waals surface area contributed by atoms with Crippen LogP contribution in [0.25, 0.3) is 0 Å². The molecule has 5 rings (SSSR count). The fraction of sp³-hybridized carbons (Fsp3) is 0.469. The Morgan fingerprint density at radius 2 is 1.85 bits per heavy atom. The number of carboxylic acid groups (broad SMARTS) is 2. The number of aromatic nitrogens is 1. The summed E-state index contributed by atoms with van der Waals surface area (Å²) in [5, 5.41) is 46.6. The van der Waals surface area contributed by atoms with Gasteiger partial charge in [0.2, 0.25) is 11.5 Å². The number of quaternary nitrogens is 1. The Morgan fingerprint density at radius 1 is 1.15 bits per heavy atom. The molecule has 2 amide bonds. The number of hydrogen-bond donors (Lipinski definition) is 6. The number of nitrogens with two attached hydrogens (primary N) is 1. The molecule has 0 saturated carbocycles. The number of benzene rings is 1. The number of rotatable bonds is 14. The van der Waals surface area contributed by atoms with Crippen molar-refractivity contribution in [2.45, 2.75) is 50.5 Å². The Balaban J connectivity index is 1.31. The number of aromatic hydroxyl groups is 2. The van der Waals surface area contributed by atoms with Gasteiger partial charge in [-0.1, -0.05) is 28.4 Å². The standard InChI is InChI=1S/C32H36Cl2N6O10S2/c1-32(2,30(48)49)50-38-22(19-14-52-31(35)37-19)20(41)11-17-27(45)39-23(29(46)47)15(13-51-28(17)39)12-40(7-4-3-5-8-40)9-6-36-26(44)16-10-18(33)24(42)25(43)21(16)34/h10,14,17,28H,3-9,11-13H2,1-2H3,(H6-,35,36,37,38,41,42,43,44,46,47,48,49)/p+1/t17-,28-/m1/s1. The number of thioether (sulfide) groups is 1. The highest BCUT2D eigenvalue weighted by molar-refractivity contribution is 8.00. The number of phenolic OH excluding ortho intramolecular Hbond substituents is 2. The maximum atomic E-state index is 13.6. The summed E-state index contributed by atoms with van der Waals surface area (Å²) in [5.74, 6) is -6.35. The number of nitrogens with zero attached hydrogens (tertiary/aromatic N) is 4. The van der Waals surface area contributed by atoms with E-state index in [1.54, 1.807) is 0 Å². The van der Waals surface area contributed by atoms with Gasteiger partial charge in [-0.3, -0.25) is 19.3 Å². The molecule has 2 aromatic rings. The average molecular weight is 801 g/mol. The molecule has 3 aliphatic rings. The Labute approximate surface area is 315 Å². The summed E-state index contributed by atoms with van der Waals surface area (Å²) in [6, 6.07) is 1.15. The van der Waals surface area contributed by atoms with Gasteiger partial charge in [0, 0.05) is 23.1 Å². The van der Waals surface area contributed by atoms with E-state index < -0.39 is 57.9 Å². The number of likely N-dealkylation sites (tertiary alicyclic amines) is 1. The third-order valence-electron chi connectivity index (χ3n) is 9.25. The molecule has 16 nitrogen and oxygen atoms in total. The number of phenols is 2. The molecule has 2 atom stereocenters. The van der Waals surface area contributed by atoms with E-state index in [1.165, 1.54) is 35.9 Å². The number of β-lactam (4-membered cyclic amide) rings is 1. The molecule has 1 aromatic carbocycles. The van der Waals surface area contributed by atoms with Crippen LogP contribution >= 0.6 is 46.3 Å². The number of oxime groups is 1. The lowest BCUT2D eigenvalue weighted by molar-refractivity contribution is -0.927. The molecule has 20 heteroatoms. The number of amides is 2. The summed E-state index contributed by atoms with van der Waals surface area (Å²) < 4.78 is 0.459. The van der Waals surface area contributed by atoms with Gasteiger partial charge in [0.05, 0.1) is 53.1 Å². The molecule has 0 bridgehead atoms. The number of hydrogen-bond acceptors (Lipinski definition) is 13. The second-order valence-electron chi connectivity index (χ2n) is 13.2. The van der Waals surface area contributed by atoms with E-state index in [0.717, 1.165) is 36.7 Å². The summed E-state index contributed by atoms with van der Waals surface area (Å²) >= 11 is 14.4. The molecule has 2 fully saturated rings. The zero-order valence-corrected chi connectivity index (χ0v) is 31.2. The predicted octanol–water partition coefficient (Wildman–Crippen LogP) is 3.29. The molecule has 280 valence electrons. The number of nitrogens with one attached hydrogen (secondary N) is 1. The van der Waals surface area contributed by atoms with Crippen molar-refractivity contribution in [3.8, 4) is 11.5 Å². The maximum absolute atomic E-state index is 13.6. The van der Waals surface area contributed by atoms with Gasteiger partial charge in [-0.15, -0.1) is 23.1 Å². The van der Waals surface area contributed by atoms with Crippen molar-refractivity contribution in [1.82, 2.24) is 15.2 Å². The number of ketones is 1. The van der Waals surface area contributed by atoms with Gasteiger partial charge in [0.25, 0.3) is 5.91 Å². The molecular weight excluding hydrogens is 763 g/mol. The summed E-state index contributed by atoms with van der Waals surface area (Å²) in [6.45, 7) is 4.85. The predicted molar refractivity (Wildman–Crippen MR) is 192 cm³/mol. The second-order valence-corrected chi connectivity index (χ2v) is 16.0. The van der Waals surface area contributed by atoms with Crippen LogP contribution < -0.4 is 11.1 Å². The van der Waals surface area contributed by atoms with Gasteiger partial charge < -0.3 is 40.8 Å². The van der Waals surface area contributed by atoms with E-state index in [4.69, 9.17) is 33.8 Å². The van der Waals surface area contributed by atoms with Crippen LogP contribution in [0.1, 0.15) is 55.6 Å². The third-order valence-corrected chi connectivity index (χ3v) is 12.0. The van der Waals surface area contributed by atoms with Crippen molar-refractivity contribution in [3.05, 3.63) is 44.0 Å². The number of fused-ring (bicyclic) bond motifs is 1. The molecule has 4 heterocycles. The molecule has 1 aromatic heterocycles. The fourth-order valence-electron chi connectivity index (χ4n) is 6.39. The van der Waals surface area contributed by atoms with E-state index >= 15 is 0 Å². The quantitative estimate of drug-likeness (QED) is 0.0529. The number of halogens is 2. The molecule has 2 saturated heterocycles. The fourth-order valence-corrected chi connectivity index (χ4v) is 8.77. The Kier molecular flexibility index (Phi) is 11.6. The van der Waals surface area contributed by atoms with Crippen LogP contribution in [-0.4, -0.2) is 119 Å². The van der Waals surface area contributed by atoms with Gasteiger partial charge in [-0.25, -0.2) is 14.6 Å². The van der Waals surface area contributed by atoms with Crippen molar-refractivity contribution in [2.75, 3.05) is 44.2 Å². The van der Waals surface area contributed by atoms with Crippen LogP contribution in [0.2, 0.25) is 10.0 Å². The van der Waals surface area contributed by atoms with E-state index in [-0.39, 0.29) is 56.6 Å². The van der Waals surface area contributed by atoms with Gasteiger partial charge in [-0.05, 0) is 39.2 Å². The summed E-state index contributed by atoms with van der Waals surface area (Å²) in [7, 11) is 0. The van der Waals surface area contributed by atoms with E-state index in [1.807, 2.05) is 0 Å². The lowest BCUT2D eigenvalue weighted by Crippen LogP contribution is -2.63. The molecule has 0 spiro atoms. The topological polar surface area (TPSA) is 242 Å². The highest BCUT2D eigenvalue weighted by atomic mass is 35.5. The number of carbonyl (C=O) groups excluding carboxylic acids is 3. The first-order chi connectivity index (χ1) is 24.5. The van der Waals surface area contributed by atoms with Crippen LogP contribution in [0.15, 0.2) is 27.9 Å². The van der Waals surface area contributed by atoms with Gasteiger partial charge in [-0.2, -0.15) is 0 Å². The minimum absolute atomic E-state index is 0.0573.